The molecule has 0 fully saturated rings. The van der Waals surface area contributed by atoms with E-state index in [0.29, 0.717) is 10.0 Å². The number of hydrogen-bond acceptors (Lipinski definition) is 2. The maximum Gasteiger partial charge on any atom is 0.0595 e. The Hall–Kier alpha value is -1.03. The van der Waals surface area contributed by atoms with Crippen molar-refractivity contribution < 1.29 is 0 Å². The minimum absolute atomic E-state index is 0.232. The van der Waals surface area contributed by atoms with Crippen molar-refractivity contribution in [1.82, 2.24) is 15.1 Å². The van der Waals surface area contributed by atoms with Crippen molar-refractivity contribution in [3.8, 4) is 0 Å². The van der Waals surface area contributed by atoms with E-state index in [2.05, 4.69) is 17.3 Å². The number of nitrogens with zero attached hydrogens (tertiary/aromatic N) is 2. The zero-order valence-electron chi connectivity index (χ0n) is 11.0. The Labute approximate surface area is 123 Å². The second-order valence-electron chi connectivity index (χ2n) is 4.51. The van der Waals surface area contributed by atoms with Crippen LogP contribution in [0.4, 0.5) is 0 Å². The summed E-state index contributed by atoms with van der Waals surface area (Å²) in [5.74, 6) is 0. The topological polar surface area (TPSA) is 29.9 Å². The lowest BCUT2D eigenvalue weighted by atomic mass is 10.0. The van der Waals surface area contributed by atoms with Crippen LogP contribution in [0.1, 0.15) is 24.1 Å². The zero-order valence-corrected chi connectivity index (χ0v) is 12.5. The third-order valence-corrected chi connectivity index (χ3v) is 3.74. The normalized spacial score (nSPS) is 12.6. The Balaban J connectivity index is 2.18. The number of aryl methyl sites for hydroxylation is 1. The van der Waals surface area contributed by atoms with Gasteiger partial charge in [0.15, 0.2) is 0 Å². The first-order valence-corrected chi connectivity index (χ1v) is 7.01. The highest BCUT2D eigenvalue weighted by Crippen LogP contribution is 2.25. The molecule has 0 bridgehead atoms. The summed E-state index contributed by atoms with van der Waals surface area (Å²) < 4.78 is 1.81. The van der Waals surface area contributed by atoms with Gasteiger partial charge in [-0.05, 0) is 30.7 Å². The number of benzene rings is 1. The molecule has 0 aliphatic rings. The van der Waals surface area contributed by atoms with E-state index in [4.69, 9.17) is 23.2 Å². The van der Waals surface area contributed by atoms with Gasteiger partial charge in [-0.3, -0.25) is 4.68 Å². The molecule has 2 aromatic rings. The first-order chi connectivity index (χ1) is 9.10. The van der Waals surface area contributed by atoms with Crippen molar-refractivity contribution in [3.63, 3.8) is 0 Å². The highest BCUT2D eigenvalue weighted by molar-refractivity contribution is 6.42. The molecule has 1 N–H and O–H groups in total. The van der Waals surface area contributed by atoms with Gasteiger partial charge in [-0.25, -0.2) is 0 Å². The number of nitrogens with one attached hydrogen (secondary N) is 1. The van der Waals surface area contributed by atoms with Crippen molar-refractivity contribution in [2.75, 3.05) is 6.54 Å². The van der Waals surface area contributed by atoms with Crippen molar-refractivity contribution in [2.24, 2.45) is 7.05 Å². The van der Waals surface area contributed by atoms with Gasteiger partial charge in [0, 0.05) is 24.8 Å². The molecule has 0 radical (unpaired) electrons. The molecule has 1 atom stereocenters. The van der Waals surface area contributed by atoms with Gasteiger partial charge in [0.1, 0.15) is 0 Å². The van der Waals surface area contributed by atoms with E-state index < -0.39 is 0 Å². The maximum atomic E-state index is 6.06. The molecule has 0 aliphatic heterocycles. The van der Waals surface area contributed by atoms with Gasteiger partial charge >= 0.3 is 0 Å². The summed E-state index contributed by atoms with van der Waals surface area (Å²) in [6, 6.07) is 6.00. The van der Waals surface area contributed by atoms with Crippen molar-refractivity contribution >= 4 is 23.2 Å². The lowest BCUT2D eigenvalue weighted by molar-refractivity contribution is 0.549. The first-order valence-electron chi connectivity index (χ1n) is 6.26. The Morgan fingerprint density at radius 2 is 2.11 bits per heavy atom. The lowest BCUT2D eigenvalue weighted by Gasteiger charge is -2.16. The molecule has 0 saturated heterocycles. The molecule has 5 heteroatoms. The van der Waals surface area contributed by atoms with Crippen LogP contribution in [0.2, 0.25) is 10.0 Å². The van der Waals surface area contributed by atoms with Gasteiger partial charge in [-0.1, -0.05) is 36.2 Å². The van der Waals surface area contributed by atoms with Crippen LogP contribution in [0.15, 0.2) is 30.6 Å². The first kappa shape index (κ1) is 14.4. The molecule has 3 nitrogen and oxygen atoms in total. The predicted octanol–water partition coefficient (Wildman–Crippen LogP) is 3.62. The van der Waals surface area contributed by atoms with Gasteiger partial charge in [0.25, 0.3) is 0 Å². The van der Waals surface area contributed by atoms with E-state index in [9.17, 15) is 0 Å². The van der Waals surface area contributed by atoms with Crippen molar-refractivity contribution in [2.45, 2.75) is 19.4 Å². The van der Waals surface area contributed by atoms with Crippen LogP contribution in [-0.4, -0.2) is 16.3 Å². The van der Waals surface area contributed by atoms with Gasteiger partial charge in [0.05, 0.1) is 16.2 Å². The molecule has 2 rings (SSSR count). The Bertz CT molecular complexity index is 551. The summed E-state index contributed by atoms with van der Waals surface area (Å²) in [5, 5.41) is 8.88. The number of halogens is 2. The van der Waals surface area contributed by atoms with Crippen LogP contribution in [0.5, 0.6) is 0 Å². The summed E-state index contributed by atoms with van der Waals surface area (Å²) in [6.45, 7) is 3.00. The fourth-order valence-corrected chi connectivity index (χ4v) is 2.40. The van der Waals surface area contributed by atoms with E-state index in [0.717, 1.165) is 18.5 Å². The SMILES string of the molecule is CCNC(Cc1ccc(Cl)c(Cl)c1)c1cnn(C)c1. The zero-order chi connectivity index (χ0) is 13.8. The summed E-state index contributed by atoms with van der Waals surface area (Å²) >= 11 is 12.0. The predicted molar refractivity (Wildman–Crippen MR) is 79.8 cm³/mol. The van der Waals surface area contributed by atoms with Crippen molar-refractivity contribution in [3.05, 3.63) is 51.8 Å². The van der Waals surface area contributed by atoms with Crippen LogP contribution in [0.3, 0.4) is 0 Å². The Kier molecular flexibility index (Phi) is 4.86. The summed E-state index contributed by atoms with van der Waals surface area (Å²) in [7, 11) is 1.92. The molecular weight excluding hydrogens is 281 g/mol. The second kappa shape index (κ2) is 6.42. The largest absolute Gasteiger partial charge is 0.310 e. The van der Waals surface area contributed by atoms with E-state index >= 15 is 0 Å². The van der Waals surface area contributed by atoms with E-state index in [1.54, 1.807) is 0 Å². The summed E-state index contributed by atoms with van der Waals surface area (Å²) in [5.41, 5.74) is 2.33. The number of hydrogen-bond donors (Lipinski definition) is 1. The minimum atomic E-state index is 0.232. The summed E-state index contributed by atoms with van der Waals surface area (Å²) in [4.78, 5) is 0. The van der Waals surface area contributed by atoms with E-state index in [1.165, 1.54) is 5.56 Å². The second-order valence-corrected chi connectivity index (χ2v) is 5.32. The fraction of sp³-hybridized carbons (Fsp3) is 0.357. The fourth-order valence-electron chi connectivity index (χ4n) is 2.08. The van der Waals surface area contributed by atoms with Crippen molar-refractivity contribution in [1.29, 1.82) is 0 Å². The highest BCUT2D eigenvalue weighted by Gasteiger charge is 2.13. The maximum absolute atomic E-state index is 6.06. The number of likely N-dealkylation sites (N-methyl/N-ethyl adjacent to an activating group) is 1. The molecule has 102 valence electrons. The van der Waals surface area contributed by atoms with Gasteiger partial charge in [-0.2, -0.15) is 5.10 Å². The molecule has 0 spiro atoms. The third-order valence-electron chi connectivity index (χ3n) is 3.00. The molecule has 0 saturated carbocycles. The van der Waals surface area contributed by atoms with Crippen LogP contribution in [0.25, 0.3) is 0 Å². The Morgan fingerprint density at radius 3 is 2.68 bits per heavy atom. The molecule has 0 aliphatic carbocycles. The molecule has 1 unspecified atom stereocenters. The monoisotopic (exact) mass is 297 g/mol. The average molecular weight is 298 g/mol. The number of aromatic nitrogens is 2. The molecular formula is C14H17Cl2N3. The number of rotatable bonds is 5. The molecule has 1 heterocycles. The lowest BCUT2D eigenvalue weighted by Crippen LogP contribution is -2.22. The quantitative estimate of drug-likeness (QED) is 0.913. The highest BCUT2D eigenvalue weighted by atomic mass is 35.5. The van der Waals surface area contributed by atoms with Crippen LogP contribution in [-0.2, 0) is 13.5 Å². The van der Waals surface area contributed by atoms with E-state index in [1.807, 2.05) is 42.3 Å². The molecule has 1 aromatic carbocycles. The average Bonchev–Trinajstić information content (AvgIpc) is 2.80. The van der Waals surface area contributed by atoms with Crippen LogP contribution in [0, 0.1) is 0 Å². The van der Waals surface area contributed by atoms with Gasteiger partial charge in [-0.15, -0.1) is 0 Å². The van der Waals surface area contributed by atoms with Crippen LogP contribution >= 0.6 is 23.2 Å². The summed E-state index contributed by atoms with van der Waals surface area (Å²) in [6.07, 6.45) is 4.78. The molecule has 1 aromatic heterocycles. The standard InChI is InChI=1S/C14H17Cl2N3/c1-3-17-14(11-8-18-19(2)9-11)7-10-4-5-12(15)13(16)6-10/h4-6,8-9,14,17H,3,7H2,1-2H3. The molecule has 19 heavy (non-hydrogen) atoms. The van der Waals surface area contributed by atoms with Crippen LogP contribution < -0.4 is 5.32 Å². The third kappa shape index (κ3) is 3.72. The smallest absolute Gasteiger partial charge is 0.0595 e. The van der Waals surface area contributed by atoms with Gasteiger partial charge < -0.3 is 5.32 Å². The van der Waals surface area contributed by atoms with Gasteiger partial charge in [0.2, 0.25) is 0 Å². The van der Waals surface area contributed by atoms with E-state index in [-0.39, 0.29) is 6.04 Å². The Morgan fingerprint density at radius 1 is 1.32 bits per heavy atom. The molecule has 0 amide bonds. The minimum Gasteiger partial charge on any atom is -0.310 e.